The van der Waals surface area contributed by atoms with E-state index in [0.717, 1.165) is 6.54 Å². The lowest BCUT2D eigenvalue weighted by atomic mass is 9.85. The number of benzene rings is 1. The minimum Gasteiger partial charge on any atom is -0.339 e. The van der Waals surface area contributed by atoms with Crippen molar-refractivity contribution in [3.05, 3.63) is 35.1 Å². The van der Waals surface area contributed by atoms with Crippen LogP contribution >= 0.6 is 0 Å². The van der Waals surface area contributed by atoms with Gasteiger partial charge in [0.1, 0.15) is 5.82 Å². The minimum atomic E-state index is -0.380. The second-order valence-corrected chi connectivity index (χ2v) is 5.08. The lowest BCUT2D eigenvalue weighted by Gasteiger charge is -2.32. The summed E-state index contributed by atoms with van der Waals surface area (Å²) in [5.41, 5.74) is 0.733. The van der Waals surface area contributed by atoms with E-state index >= 15 is 0 Å². The lowest BCUT2D eigenvalue weighted by Crippen LogP contribution is -2.37. The van der Waals surface area contributed by atoms with E-state index in [1.54, 1.807) is 30.0 Å². The predicted octanol–water partition coefficient (Wildman–Crippen LogP) is 3.40. The molecule has 1 aliphatic carbocycles. The Morgan fingerprint density at radius 2 is 2.17 bits per heavy atom. The number of hydrogen-bond donors (Lipinski definition) is 0. The molecule has 2 rings (SSSR count). The minimum absolute atomic E-state index is 0.175. The normalized spacial score (nSPS) is 15.3. The monoisotopic (exact) mass is 249 g/mol. The van der Waals surface area contributed by atoms with Gasteiger partial charge in [-0.25, -0.2) is 4.39 Å². The Hall–Kier alpha value is -1.38. The summed E-state index contributed by atoms with van der Waals surface area (Å²) in [6.07, 6.45) is 3.65. The quantitative estimate of drug-likeness (QED) is 0.801. The van der Waals surface area contributed by atoms with Crippen LogP contribution in [0.3, 0.4) is 0 Å². The molecular weight excluding hydrogens is 229 g/mol. The highest BCUT2D eigenvalue weighted by Crippen LogP contribution is 2.27. The van der Waals surface area contributed by atoms with Crippen molar-refractivity contribution in [2.45, 2.75) is 33.1 Å². The maximum Gasteiger partial charge on any atom is 0.256 e. The van der Waals surface area contributed by atoms with Gasteiger partial charge in [-0.05, 0) is 44.2 Å². The number of rotatable bonds is 4. The van der Waals surface area contributed by atoms with E-state index in [2.05, 4.69) is 0 Å². The molecular formula is C15H20FNO. The first-order valence-corrected chi connectivity index (χ1v) is 6.68. The zero-order valence-electron chi connectivity index (χ0n) is 11.1. The van der Waals surface area contributed by atoms with Crippen LogP contribution in [-0.2, 0) is 0 Å². The van der Waals surface area contributed by atoms with Gasteiger partial charge < -0.3 is 4.90 Å². The number of nitrogens with zero attached hydrogens (tertiary/aromatic N) is 1. The summed E-state index contributed by atoms with van der Waals surface area (Å²) in [6.45, 7) is 5.05. The van der Waals surface area contributed by atoms with Crippen LogP contribution in [0.25, 0.3) is 0 Å². The van der Waals surface area contributed by atoms with E-state index < -0.39 is 0 Å². The van der Waals surface area contributed by atoms with Gasteiger partial charge in [0.15, 0.2) is 0 Å². The summed E-state index contributed by atoms with van der Waals surface area (Å²) in [5, 5.41) is 0. The highest BCUT2D eigenvalue weighted by molar-refractivity contribution is 5.94. The first-order valence-electron chi connectivity index (χ1n) is 6.68. The molecule has 0 bridgehead atoms. The maximum atomic E-state index is 13.9. The van der Waals surface area contributed by atoms with Crippen LogP contribution in [0, 0.1) is 18.7 Å². The largest absolute Gasteiger partial charge is 0.339 e. The average Bonchev–Trinajstić information content (AvgIpc) is 2.31. The van der Waals surface area contributed by atoms with Gasteiger partial charge in [0.2, 0.25) is 0 Å². The Balaban J connectivity index is 2.14. The van der Waals surface area contributed by atoms with E-state index in [1.807, 2.05) is 6.92 Å². The first kappa shape index (κ1) is 13.1. The van der Waals surface area contributed by atoms with Gasteiger partial charge >= 0.3 is 0 Å². The number of aryl methyl sites for hydroxylation is 1. The molecule has 1 aliphatic rings. The van der Waals surface area contributed by atoms with Crippen LogP contribution in [0.5, 0.6) is 0 Å². The Morgan fingerprint density at radius 3 is 2.72 bits per heavy atom. The third-order valence-corrected chi connectivity index (χ3v) is 3.79. The summed E-state index contributed by atoms with van der Waals surface area (Å²) in [4.78, 5) is 14.1. The second-order valence-electron chi connectivity index (χ2n) is 5.08. The van der Waals surface area contributed by atoms with Crippen molar-refractivity contribution in [2.75, 3.05) is 13.1 Å². The SMILES string of the molecule is CCN(CC1CCC1)C(=O)c1cccc(C)c1F. The molecule has 18 heavy (non-hydrogen) atoms. The van der Waals surface area contributed by atoms with E-state index in [1.165, 1.54) is 19.3 Å². The summed E-state index contributed by atoms with van der Waals surface area (Å²) in [6, 6.07) is 5.01. The fraction of sp³-hybridized carbons (Fsp3) is 0.533. The predicted molar refractivity (Wildman–Crippen MR) is 70.1 cm³/mol. The first-order chi connectivity index (χ1) is 8.63. The van der Waals surface area contributed by atoms with E-state index in [-0.39, 0.29) is 17.3 Å². The molecule has 0 atom stereocenters. The van der Waals surface area contributed by atoms with Crippen molar-refractivity contribution < 1.29 is 9.18 Å². The topological polar surface area (TPSA) is 20.3 Å². The van der Waals surface area contributed by atoms with E-state index in [0.29, 0.717) is 18.0 Å². The van der Waals surface area contributed by atoms with Crippen LogP contribution in [0.1, 0.15) is 42.1 Å². The Morgan fingerprint density at radius 1 is 1.44 bits per heavy atom. The number of carbonyl (C=O) groups excluding carboxylic acids is 1. The molecule has 0 saturated heterocycles. The standard InChI is InChI=1S/C15H20FNO/c1-3-17(10-12-7-5-8-12)15(18)13-9-4-6-11(2)14(13)16/h4,6,9,12H,3,5,7-8,10H2,1-2H3. The molecule has 98 valence electrons. The van der Waals surface area contributed by atoms with Crippen molar-refractivity contribution in [2.24, 2.45) is 5.92 Å². The second kappa shape index (κ2) is 5.51. The summed E-state index contributed by atoms with van der Waals surface area (Å²) < 4.78 is 13.9. The lowest BCUT2D eigenvalue weighted by molar-refractivity contribution is 0.0701. The Bertz CT molecular complexity index is 440. The molecule has 0 spiro atoms. The van der Waals surface area contributed by atoms with Gasteiger partial charge in [0, 0.05) is 13.1 Å². The number of hydrogen-bond acceptors (Lipinski definition) is 1. The number of halogens is 1. The van der Waals surface area contributed by atoms with Crippen molar-refractivity contribution in [1.82, 2.24) is 4.90 Å². The molecule has 0 unspecified atom stereocenters. The highest BCUT2D eigenvalue weighted by atomic mass is 19.1. The molecule has 0 radical (unpaired) electrons. The fourth-order valence-electron chi connectivity index (χ4n) is 2.33. The molecule has 1 aromatic rings. The average molecular weight is 249 g/mol. The smallest absolute Gasteiger partial charge is 0.256 e. The van der Waals surface area contributed by atoms with Crippen LogP contribution in [0.4, 0.5) is 4.39 Å². The van der Waals surface area contributed by atoms with Crippen LogP contribution in [0.15, 0.2) is 18.2 Å². The Kier molecular flexibility index (Phi) is 4.00. The summed E-state index contributed by atoms with van der Waals surface area (Å²) in [5.74, 6) is 0.0573. The van der Waals surface area contributed by atoms with Crippen LogP contribution in [-0.4, -0.2) is 23.9 Å². The molecule has 3 heteroatoms. The fourth-order valence-corrected chi connectivity index (χ4v) is 2.33. The zero-order valence-corrected chi connectivity index (χ0v) is 11.1. The molecule has 1 amide bonds. The van der Waals surface area contributed by atoms with Gasteiger partial charge in [0.25, 0.3) is 5.91 Å². The van der Waals surface area contributed by atoms with E-state index in [9.17, 15) is 9.18 Å². The third-order valence-electron chi connectivity index (χ3n) is 3.79. The van der Waals surface area contributed by atoms with Crippen molar-refractivity contribution >= 4 is 5.91 Å². The molecule has 1 aromatic carbocycles. The Labute approximate surface area is 108 Å². The molecule has 1 fully saturated rings. The molecule has 1 saturated carbocycles. The third kappa shape index (κ3) is 2.55. The zero-order chi connectivity index (χ0) is 13.1. The van der Waals surface area contributed by atoms with Gasteiger partial charge in [-0.3, -0.25) is 4.79 Å². The molecule has 0 aromatic heterocycles. The number of carbonyl (C=O) groups is 1. The molecule has 0 aliphatic heterocycles. The molecule has 2 nitrogen and oxygen atoms in total. The van der Waals surface area contributed by atoms with Crippen molar-refractivity contribution in [3.8, 4) is 0 Å². The van der Waals surface area contributed by atoms with Gasteiger partial charge in [-0.2, -0.15) is 0 Å². The van der Waals surface area contributed by atoms with Gasteiger partial charge in [-0.15, -0.1) is 0 Å². The van der Waals surface area contributed by atoms with Gasteiger partial charge in [0.05, 0.1) is 5.56 Å². The number of amides is 1. The van der Waals surface area contributed by atoms with Crippen molar-refractivity contribution in [1.29, 1.82) is 0 Å². The maximum absolute atomic E-state index is 13.9. The van der Waals surface area contributed by atoms with Crippen LogP contribution in [0.2, 0.25) is 0 Å². The highest BCUT2D eigenvalue weighted by Gasteiger charge is 2.25. The molecule has 0 heterocycles. The van der Waals surface area contributed by atoms with Crippen molar-refractivity contribution in [3.63, 3.8) is 0 Å². The summed E-state index contributed by atoms with van der Waals surface area (Å²) >= 11 is 0. The molecule has 0 N–H and O–H groups in total. The summed E-state index contributed by atoms with van der Waals surface area (Å²) in [7, 11) is 0. The van der Waals surface area contributed by atoms with Gasteiger partial charge in [-0.1, -0.05) is 18.6 Å². The van der Waals surface area contributed by atoms with E-state index in [4.69, 9.17) is 0 Å². The van der Waals surface area contributed by atoms with Crippen LogP contribution < -0.4 is 0 Å².